The molecule has 8 heteroatoms. The predicted molar refractivity (Wildman–Crippen MR) is 91.6 cm³/mol. The molecular weight excluding hydrogens is 342 g/mol. The van der Waals surface area contributed by atoms with Gasteiger partial charge < -0.3 is 10.2 Å². The molecule has 0 aliphatic carbocycles. The fraction of sp³-hybridized carbons (Fsp3) is 0.278. The number of hydrogen-bond donors (Lipinski definition) is 1. The van der Waals surface area contributed by atoms with Gasteiger partial charge in [-0.25, -0.2) is 9.37 Å². The predicted octanol–water partition coefficient (Wildman–Crippen LogP) is 1.76. The number of benzene rings is 1. The monoisotopic (exact) mass is 360 g/mol. The van der Waals surface area contributed by atoms with Crippen LogP contribution in [-0.4, -0.2) is 59.3 Å². The third-order valence-electron chi connectivity index (χ3n) is 4.13. The van der Waals surface area contributed by atoms with Crippen LogP contribution in [0.3, 0.4) is 0 Å². The van der Waals surface area contributed by atoms with Crippen molar-refractivity contribution in [3.63, 3.8) is 0 Å². The Balaban J connectivity index is 1.48. The molecule has 1 aromatic carbocycles. The van der Waals surface area contributed by atoms with E-state index in [1.807, 2.05) is 4.90 Å². The summed E-state index contributed by atoms with van der Waals surface area (Å²) in [5.41, 5.74) is 0.796. The van der Waals surface area contributed by atoms with Gasteiger partial charge in [0.05, 0.1) is 6.54 Å². The van der Waals surface area contributed by atoms with Gasteiger partial charge in [-0.05, 0) is 30.3 Å². The van der Waals surface area contributed by atoms with Gasteiger partial charge in [-0.1, -0.05) is 0 Å². The number of carbonyl (C=O) groups is 2. The molecule has 1 aliphatic rings. The van der Waals surface area contributed by atoms with E-state index in [-0.39, 0.29) is 29.7 Å². The number of amides is 2. The molecule has 0 saturated carbocycles. The molecule has 136 valence electrons. The number of nitrogens with one attached hydrogen (secondary N) is 1. The lowest BCUT2D eigenvalue weighted by Gasteiger charge is -2.34. The van der Waals surface area contributed by atoms with E-state index in [0.29, 0.717) is 31.9 Å². The molecule has 3 rings (SSSR count). The SMILES string of the molecule is O=C(CN1CCN(C(=O)c2ccnc(F)c2)CC1)Nc1ccc(F)cc1. The van der Waals surface area contributed by atoms with Gasteiger partial charge in [0, 0.05) is 49.7 Å². The first kappa shape index (κ1) is 17.9. The van der Waals surface area contributed by atoms with Crippen LogP contribution in [0.15, 0.2) is 42.6 Å². The number of piperazine rings is 1. The maximum absolute atomic E-state index is 13.1. The lowest BCUT2D eigenvalue weighted by atomic mass is 10.2. The zero-order chi connectivity index (χ0) is 18.5. The largest absolute Gasteiger partial charge is 0.336 e. The van der Waals surface area contributed by atoms with Gasteiger partial charge in [-0.3, -0.25) is 14.5 Å². The van der Waals surface area contributed by atoms with Crippen molar-refractivity contribution in [2.24, 2.45) is 0 Å². The van der Waals surface area contributed by atoms with Crippen molar-refractivity contribution < 1.29 is 18.4 Å². The average molecular weight is 360 g/mol. The topological polar surface area (TPSA) is 65.5 Å². The normalized spacial score (nSPS) is 14.9. The summed E-state index contributed by atoms with van der Waals surface area (Å²) in [6.07, 6.45) is 1.26. The van der Waals surface area contributed by atoms with Crippen LogP contribution in [0.2, 0.25) is 0 Å². The van der Waals surface area contributed by atoms with Crippen LogP contribution in [0.25, 0.3) is 0 Å². The molecule has 2 aromatic rings. The molecule has 1 fully saturated rings. The molecule has 26 heavy (non-hydrogen) atoms. The van der Waals surface area contributed by atoms with Crippen LogP contribution in [0.4, 0.5) is 14.5 Å². The molecular formula is C18H18F2N4O2. The van der Waals surface area contributed by atoms with E-state index in [2.05, 4.69) is 10.3 Å². The van der Waals surface area contributed by atoms with Crippen molar-refractivity contribution in [3.05, 3.63) is 59.9 Å². The minimum absolute atomic E-state index is 0.184. The van der Waals surface area contributed by atoms with E-state index < -0.39 is 5.95 Å². The third kappa shape index (κ3) is 4.60. The van der Waals surface area contributed by atoms with Crippen LogP contribution in [-0.2, 0) is 4.79 Å². The highest BCUT2D eigenvalue weighted by Crippen LogP contribution is 2.11. The van der Waals surface area contributed by atoms with Crippen molar-refractivity contribution in [2.75, 3.05) is 38.0 Å². The van der Waals surface area contributed by atoms with E-state index in [1.54, 1.807) is 4.90 Å². The highest BCUT2D eigenvalue weighted by atomic mass is 19.1. The van der Waals surface area contributed by atoms with Crippen LogP contribution < -0.4 is 5.32 Å². The summed E-state index contributed by atoms with van der Waals surface area (Å²) >= 11 is 0. The summed E-state index contributed by atoms with van der Waals surface area (Å²) in [5.74, 6) is -1.50. The van der Waals surface area contributed by atoms with E-state index in [4.69, 9.17) is 0 Å². The first-order chi connectivity index (χ1) is 12.5. The van der Waals surface area contributed by atoms with Gasteiger partial charge in [0.2, 0.25) is 11.9 Å². The molecule has 6 nitrogen and oxygen atoms in total. The summed E-state index contributed by atoms with van der Waals surface area (Å²) in [4.78, 5) is 31.4. The Morgan fingerprint density at radius 2 is 1.73 bits per heavy atom. The zero-order valence-corrected chi connectivity index (χ0v) is 14.0. The van der Waals surface area contributed by atoms with Crippen molar-refractivity contribution >= 4 is 17.5 Å². The fourth-order valence-corrected chi connectivity index (χ4v) is 2.76. The average Bonchev–Trinajstić information content (AvgIpc) is 2.64. The number of aromatic nitrogens is 1. The van der Waals surface area contributed by atoms with Gasteiger partial charge in [-0.2, -0.15) is 4.39 Å². The van der Waals surface area contributed by atoms with Crippen molar-refractivity contribution in [3.8, 4) is 0 Å². The van der Waals surface area contributed by atoms with Gasteiger partial charge in [0.25, 0.3) is 5.91 Å². The smallest absolute Gasteiger partial charge is 0.254 e. The van der Waals surface area contributed by atoms with Gasteiger partial charge in [-0.15, -0.1) is 0 Å². The molecule has 0 unspecified atom stereocenters. The quantitative estimate of drug-likeness (QED) is 0.844. The maximum Gasteiger partial charge on any atom is 0.254 e. The molecule has 0 radical (unpaired) electrons. The molecule has 0 spiro atoms. The zero-order valence-electron chi connectivity index (χ0n) is 14.0. The van der Waals surface area contributed by atoms with E-state index >= 15 is 0 Å². The molecule has 0 bridgehead atoms. The third-order valence-corrected chi connectivity index (χ3v) is 4.13. The second kappa shape index (κ2) is 8.01. The number of pyridine rings is 1. The number of hydrogen-bond acceptors (Lipinski definition) is 4. The Labute approximate surface area is 149 Å². The minimum atomic E-state index is -0.688. The number of carbonyl (C=O) groups excluding carboxylic acids is 2. The number of rotatable bonds is 4. The van der Waals surface area contributed by atoms with Crippen LogP contribution in [0, 0.1) is 11.8 Å². The van der Waals surface area contributed by atoms with Gasteiger partial charge >= 0.3 is 0 Å². The molecule has 0 atom stereocenters. The lowest BCUT2D eigenvalue weighted by molar-refractivity contribution is -0.117. The first-order valence-corrected chi connectivity index (χ1v) is 8.20. The summed E-state index contributed by atoms with van der Waals surface area (Å²) < 4.78 is 26.0. The van der Waals surface area contributed by atoms with Gasteiger partial charge in [0.15, 0.2) is 0 Å². The summed E-state index contributed by atoms with van der Waals surface area (Å²) in [5, 5.41) is 2.71. The van der Waals surface area contributed by atoms with Gasteiger partial charge in [0.1, 0.15) is 5.82 Å². The Hall–Kier alpha value is -2.87. The van der Waals surface area contributed by atoms with E-state index in [9.17, 15) is 18.4 Å². The van der Waals surface area contributed by atoms with Crippen molar-refractivity contribution in [1.29, 1.82) is 0 Å². The Morgan fingerprint density at radius 1 is 1.04 bits per heavy atom. The maximum atomic E-state index is 13.1. The Kier molecular flexibility index (Phi) is 5.52. The van der Waals surface area contributed by atoms with E-state index in [1.165, 1.54) is 36.5 Å². The minimum Gasteiger partial charge on any atom is -0.336 e. The van der Waals surface area contributed by atoms with Crippen LogP contribution in [0.1, 0.15) is 10.4 Å². The summed E-state index contributed by atoms with van der Waals surface area (Å²) in [6.45, 7) is 2.16. The van der Waals surface area contributed by atoms with Crippen molar-refractivity contribution in [2.45, 2.75) is 0 Å². The first-order valence-electron chi connectivity index (χ1n) is 8.20. The summed E-state index contributed by atoms with van der Waals surface area (Å²) in [6, 6.07) is 8.15. The van der Waals surface area contributed by atoms with Crippen LogP contribution in [0.5, 0.6) is 0 Å². The highest BCUT2D eigenvalue weighted by Gasteiger charge is 2.23. The molecule has 1 aromatic heterocycles. The second-order valence-electron chi connectivity index (χ2n) is 5.99. The number of nitrogens with zero attached hydrogens (tertiary/aromatic N) is 3. The standard InChI is InChI=1S/C18H18F2N4O2/c19-14-1-3-15(4-2-14)22-17(25)12-23-7-9-24(10-8-23)18(26)13-5-6-21-16(20)11-13/h1-6,11H,7-10,12H2,(H,22,25). The number of anilines is 1. The number of halogens is 2. The lowest BCUT2D eigenvalue weighted by Crippen LogP contribution is -2.50. The molecule has 1 saturated heterocycles. The highest BCUT2D eigenvalue weighted by molar-refractivity contribution is 5.94. The fourth-order valence-electron chi connectivity index (χ4n) is 2.76. The van der Waals surface area contributed by atoms with Crippen LogP contribution >= 0.6 is 0 Å². The molecule has 1 aliphatic heterocycles. The molecule has 2 heterocycles. The summed E-state index contributed by atoms with van der Waals surface area (Å²) in [7, 11) is 0. The Bertz CT molecular complexity index is 790. The van der Waals surface area contributed by atoms with Crippen molar-refractivity contribution in [1.82, 2.24) is 14.8 Å². The Morgan fingerprint density at radius 3 is 2.38 bits per heavy atom. The van der Waals surface area contributed by atoms with E-state index in [0.717, 1.165) is 6.07 Å². The second-order valence-corrected chi connectivity index (χ2v) is 5.99. The molecule has 2 amide bonds. The molecule has 1 N–H and O–H groups in total.